The molecule has 1 aliphatic carbocycles. The van der Waals surface area contributed by atoms with Gasteiger partial charge in [-0.25, -0.2) is 4.98 Å². The van der Waals surface area contributed by atoms with Crippen molar-refractivity contribution in [3.8, 4) is 5.88 Å². The van der Waals surface area contributed by atoms with E-state index in [-0.39, 0.29) is 6.10 Å². The first-order chi connectivity index (χ1) is 14.4. The average Bonchev–Trinajstić information content (AvgIpc) is 2.79. The molecule has 0 amide bonds. The van der Waals surface area contributed by atoms with Crippen molar-refractivity contribution < 1.29 is 9.47 Å². The van der Waals surface area contributed by atoms with Gasteiger partial charge in [-0.2, -0.15) is 0 Å². The molecular weight excluding hydrogens is 364 g/mol. The molecule has 29 heavy (non-hydrogen) atoms. The van der Waals surface area contributed by atoms with Crippen molar-refractivity contribution in [3.63, 3.8) is 0 Å². The molecule has 5 rings (SSSR count). The summed E-state index contributed by atoms with van der Waals surface area (Å²) in [5.74, 6) is 1.27. The highest BCUT2D eigenvalue weighted by Crippen LogP contribution is 2.39. The lowest BCUT2D eigenvalue weighted by Crippen LogP contribution is -2.61. The maximum absolute atomic E-state index is 6.50. The Morgan fingerprint density at radius 3 is 2.59 bits per heavy atom. The summed E-state index contributed by atoms with van der Waals surface area (Å²) in [5.41, 5.74) is 1.14. The molecular formula is C23H30N4O2. The summed E-state index contributed by atoms with van der Waals surface area (Å²) < 4.78 is 12.1. The molecule has 0 radical (unpaired) electrons. The molecule has 0 N–H and O–H groups in total. The zero-order valence-electron chi connectivity index (χ0n) is 16.9. The van der Waals surface area contributed by atoms with Crippen LogP contribution in [0.1, 0.15) is 25.0 Å². The molecule has 1 saturated carbocycles. The maximum Gasteiger partial charge on any atom is 0.213 e. The van der Waals surface area contributed by atoms with Crippen LogP contribution in [0.2, 0.25) is 0 Å². The van der Waals surface area contributed by atoms with Gasteiger partial charge in [-0.05, 0) is 37.5 Å². The van der Waals surface area contributed by atoms with E-state index in [9.17, 15) is 0 Å². The van der Waals surface area contributed by atoms with E-state index < -0.39 is 0 Å². The minimum atomic E-state index is 0.151. The first-order valence-corrected chi connectivity index (χ1v) is 10.9. The van der Waals surface area contributed by atoms with Crippen molar-refractivity contribution in [1.82, 2.24) is 19.8 Å². The van der Waals surface area contributed by atoms with Gasteiger partial charge >= 0.3 is 0 Å². The van der Waals surface area contributed by atoms with Crippen LogP contribution in [0.15, 0.2) is 48.8 Å². The van der Waals surface area contributed by atoms with Crippen LogP contribution < -0.4 is 4.74 Å². The number of morpholine rings is 1. The van der Waals surface area contributed by atoms with Gasteiger partial charge in [-0.1, -0.05) is 12.1 Å². The number of hydrogen-bond donors (Lipinski definition) is 0. The maximum atomic E-state index is 6.50. The third kappa shape index (κ3) is 4.29. The first-order valence-electron chi connectivity index (χ1n) is 10.9. The Morgan fingerprint density at radius 2 is 1.83 bits per heavy atom. The SMILES string of the molecule is c1ccc(CN2C[C@H](Oc3ccccn3)[C@H]3C[C@@H]2CC[C@H]3N2CCOCC2)nc1. The van der Waals surface area contributed by atoms with Crippen molar-refractivity contribution in [2.24, 2.45) is 5.92 Å². The zero-order valence-corrected chi connectivity index (χ0v) is 16.9. The molecule has 2 aliphatic heterocycles. The second-order valence-electron chi connectivity index (χ2n) is 8.42. The molecule has 2 aromatic heterocycles. The quantitative estimate of drug-likeness (QED) is 0.777. The monoisotopic (exact) mass is 394 g/mol. The molecule has 3 aliphatic rings. The fourth-order valence-corrected chi connectivity index (χ4v) is 5.37. The highest BCUT2D eigenvalue weighted by atomic mass is 16.5. The standard InChI is InChI=1S/C23H30N4O2/c1-3-9-24-18(5-1)16-27-17-22(29-23-6-2-4-10-25-23)20-15-19(27)7-8-21(20)26-11-13-28-14-12-26/h1-6,9-10,19-22H,7-8,11-17H2/t19-,20-,21+,22-/m0/s1. The lowest BCUT2D eigenvalue weighted by molar-refractivity contribution is -0.0847. The smallest absolute Gasteiger partial charge is 0.213 e. The molecule has 2 saturated heterocycles. The molecule has 3 fully saturated rings. The Labute approximate surface area is 172 Å². The fourth-order valence-electron chi connectivity index (χ4n) is 5.37. The number of ether oxygens (including phenoxy) is 2. The fraction of sp³-hybridized carbons (Fsp3) is 0.565. The number of piperidine rings is 1. The molecule has 0 spiro atoms. The van der Waals surface area contributed by atoms with Crippen molar-refractivity contribution in [2.75, 3.05) is 32.8 Å². The molecule has 154 valence electrons. The second kappa shape index (κ2) is 8.78. The van der Waals surface area contributed by atoms with E-state index in [1.54, 1.807) is 0 Å². The number of aromatic nitrogens is 2. The van der Waals surface area contributed by atoms with E-state index in [0.29, 0.717) is 18.0 Å². The number of pyridine rings is 2. The summed E-state index contributed by atoms with van der Waals surface area (Å²) in [7, 11) is 0. The summed E-state index contributed by atoms with van der Waals surface area (Å²) in [5, 5.41) is 0. The van der Waals surface area contributed by atoms with Crippen LogP contribution in [0, 0.1) is 5.92 Å². The van der Waals surface area contributed by atoms with E-state index in [2.05, 4.69) is 31.9 Å². The van der Waals surface area contributed by atoms with Gasteiger partial charge in [0.05, 0.1) is 18.9 Å². The molecule has 6 heteroatoms. The average molecular weight is 395 g/mol. The third-order valence-corrected chi connectivity index (χ3v) is 6.76. The van der Waals surface area contributed by atoms with E-state index >= 15 is 0 Å². The summed E-state index contributed by atoms with van der Waals surface area (Å²) in [4.78, 5) is 14.2. The summed E-state index contributed by atoms with van der Waals surface area (Å²) in [6.45, 7) is 5.61. The van der Waals surface area contributed by atoms with E-state index in [4.69, 9.17) is 9.47 Å². The highest BCUT2D eigenvalue weighted by Gasteiger charge is 2.46. The second-order valence-corrected chi connectivity index (χ2v) is 8.42. The van der Waals surface area contributed by atoms with Crippen molar-refractivity contribution in [2.45, 2.75) is 44.0 Å². The van der Waals surface area contributed by atoms with Crippen LogP contribution in [-0.2, 0) is 11.3 Å². The number of hydrogen-bond acceptors (Lipinski definition) is 6. The highest BCUT2D eigenvalue weighted by molar-refractivity contribution is 5.12. The Balaban J connectivity index is 1.36. The van der Waals surface area contributed by atoms with Gasteiger partial charge in [0.2, 0.25) is 5.88 Å². The zero-order chi connectivity index (χ0) is 19.5. The van der Waals surface area contributed by atoms with Crippen LogP contribution in [0.3, 0.4) is 0 Å². The summed E-state index contributed by atoms with van der Waals surface area (Å²) >= 11 is 0. The van der Waals surface area contributed by atoms with Crippen LogP contribution in [0.5, 0.6) is 5.88 Å². The summed E-state index contributed by atoms with van der Waals surface area (Å²) in [6.07, 6.45) is 7.52. The van der Waals surface area contributed by atoms with Gasteiger partial charge in [-0.15, -0.1) is 0 Å². The summed E-state index contributed by atoms with van der Waals surface area (Å²) in [6, 6.07) is 13.3. The molecule has 2 bridgehead atoms. The Kier molecular flexibility index (Phi) is 5.74. The molecule has 4 heterocycles. The molecule has 0 aromatic carbocycles. The van der Waals surface area contributed by atoms with Crippen LogP contribution in [0.4, 0.5) is 0 Å². The Bertz CT molecular complexity index is 769. The van der Waals surface area contributed by atoms with E-state index in [0.717, 1.165) is 51.0 Å². The van der Waals surface area contributed by atoms with Crippen molar-refractivity contribution in [1.29, 1.82) is 0 Å². The lowest BCUT2D eigenvalue weighted by Gasteiger charge is -2.53. The van der Waals surface area contributed by atoms with Crippen molar-refractivity contribution in [3.05, 3.63) is 54.5 Å². The van der Waals surface area contributed by atoms with E-state index in [1.165, 1.54) is 19.3 Å². The predicted molar refractivity (Wildman–Crippen MR) is 111 cm³/mol. The Hall–Kier alpha value is -2.02. The van der Waals surface area contributed by atoms with Gasteiger partial charge in [0.25, 0.3) is 0 Å². The number of nitrogens with zero attached hydrogens (tertiary/aromatic N) is 4. The molecule has 4 atom stereocenters. The minimum absolute atomic E-state index is 0.151. The number of likely N-dealkylation sites (tertiary alicyclic amines) is 1. The van der Waals surface area contributed by atoms with Gasteiger partial charge in [0.15, 0.2) is 0 Å². The van der Waals surface area contributed by atoms with Gasteiger partial charge in [0, 0.05) is 62.6 Å². The molecule has 6 nitrogen and oxygen atoms in total. The first kappa shape index (κ1) is 19.0. The normalized spacial score (nSPS) is 30.8. The van der Waals surface area contributed by atoms with Crippen LogP contribution >= 0.6 is 0 Å². The predicted octanol–water partition coefficient (Wildman–Crippen LogP) is 2.61. The third-order valence-electron chi connectivity index (χ3n) is 6.76. The molecule has 2 aromatic rings. The van der Waals surface area contributed by atoms with Crippen molar-refractivity contribution >= 4 is 0 Å². The van der Waals surface area contributed by atoms with Crippen LogP contribution in [-0.4, -0.2) is 70.8 Å². The largest absolute Gasteiger partial charge is 0.473 e. The topological polar surface area (TPSA) is 50.7 Å². The lowest BCUT2D eigenvalue weighted by atomic mass is 9.73. The van der Waals surface area contributed by atoms with Gasteiger partial charge in [0.1, 0.15) is 6.10 Å². The van der Waals surface area contributed by atoms with E-state index in [1.807, 2.05) is 36.7 Å². The van der Waals surface area contributed by atoms with Gasteiger partial charge < -0.3 is 9.47 Å². The Morgan fingerprint density at radius 1 is 1.00 bits per heavy atom. The van der Waals surface area contributed by atoms with Gasteiger partial charge in [-0.3, -0.25) is 14.8 Å². The minimum Gasteiger partial charge on any atom is -0.473 e. The molecule has 0 unspecified atom stereocenters. The number of rotatable bonds is 5. The van der Waals surface area contributed by atoms with Crippen LogP contribution in [0.25, 0.3) is 0 Å². The number of fused-ring (bicyclic) bond motifs is 2.